The van der Waals surface area contributed by atoms with Crippen molar-refractivity contribution in [2.75, 3.05) is 19.6 Å². The molecular weight excluding hydrogens is 241 g/mol. The van der Waals surface area contributed by atoms with Crippen LogP contribution < -0.4 is 10.6 Å². The maximum absolute atomic E-state index is 12.5. The van der Waals surface area contributed by atoms with Crippen LogP contribution in [0.4, 0.5) is 13.2 Å². The van der Waals surface area contributed by atoms with Crippen molar-refractivity contribution in [2.24, 2.45) is 0 Å². The van der Waals surface area contributed by atoms with Gasteiger partial charge in [-0.1, -0.05) is 25.1 Å². The topological polar surface area (TPSA) is 24.1 Å². The maximum Gasteiger partial charge on any atom is 0.416 e. The van der Waals surface area contributed by atoms with Crippen LogP contribution in [0.1, 0.15) is 24.5 Å². The Morgan fingerprint density at radius 3 is 2.44 bits per heavy atom. The number of nitrogens with one attached hydrogen (secondary N) is 2. The zero-order chi connectivity index (χ0) is 13.4. The fourth-order valence-corrected chi connectivity index (χ4v) is 1.57. The minimum absolute atomic E-state index is 0.456. The first-order valence-electron chi connectivity index (χ1n) is 6.11. The Morgan fingerprint density at radius 2 is 1.78 bits per heavy atom. The molecule has 0 bridgehead atoms. The molecule has 0 amide bonds. The van der Waals surface area contributed by atoms with Gasteiger partial charge in [0.25, 0.3) is 0 Å². The van der Waals surface area contributed by atoms with E-state index in [1.807, 2.05) is 0 Å². The van der Waals surface area contributed by atoms with Gasteiger partial charge in [-0.15, -0.1) is 0 Å². The van der Waals surface area contributed by atoms with Gasteiger partial charge in [-0.25, -0.2) is 0 Å². The lowest BCUT2D eigenvalue weighted by Gasteiger charge is -2.09. The molecule has 0 aliphatic carbocycles. The van der Waals surface area contributed by atoms with Crippen molar-refractivity contribution in [3.63, 3.8) is 0 Å². The van der Waals surface area contributed by atoms with E-state index >= 15 is 0 Å². The summed E-state index contributed by atoms with van der Waals surface area (Å²) in [4.78, 5) is 0. The van der Waals surface area contributed by atoms with Gasteiger partial charge in [0.1, 0.15) is 0 Å². The van der Waals surface area contributed by atoms with Crippen LogP contribution in [0, 0.1) is 0 Å². The van der Waals surface area contributed by atoms with Crippen molar-refractivity contribution in [3.05, 3.63) is 35.4 Å². The van der Waals surface area contributed by atoms with Crippen molar-refractivity contribution in [1.82, 2.24) is 10.6 Å². The highest BCUT2D eigenvalue weighted by Gasteiger charge is 2.30. The molecule has 0 spiro atoms. The SMILES string of the molecule is CCCNCCNCc1cccc(C(F)(F)F)c1. The van der Waals surface area contributed by atoms with Gasteiger partial charge in [0.2, 0.25) is 0 Å². The van der Waals surface area contributed by atoms with Crippen LogP contribution in [0.25, 0.3) is 0 Å². The summed E-state index contributed by atoms with van der Waals surface area (Å²) in [5, 5.41) is 6.32. The highest BCUT2D eigenvalue weighted by atomic mass is 19.4. The first-order valence-corrected chi connectivity index (χ1v) is 6.11. The molecule has 0 heterocycles. The molecule has 0 saturated carbocycles. The fraction of sp³-hybridized carbons (Fsp3) is 0.538. The standard InChI is InChI=1S/C13H19F3N2/c1-2-6-17-7-8-18-10-11-4-3-5-12(9-11)13(14,15)16/h3-5,9,17-18H,2,6-8,10H2,1H3. The van der Waals surface area contributed by atoms with Gasteiger partial charge in [-0.3, -0.25) is 0 Å². The summed E-state index contributed by atoms with van der Waals surface area (Å²) >= 11 is 0. The smallest absolute Gasteiger partial charge is 0.315 e. The minimum Gasteiger partial charge on any atom is -0.315 e. The van der Waals surface area contributed by atoms with Crippen LogP contribution in [0.15, 0.2) is 24.3 Å². The van der Waals surface area contributed by atoms with E-state index in [1.54, 1.807) is 6.07 Å². The van der Waals surface area contributed by atoms with Crippen LogP contribution in [-0.4, -0.2) is 19.6 Å². The van der Waals surface area contributed by atoms with Crippen LogP contribution in [0.2, 0.25) is 0 Å². The van der Waals surface area contributed by atoms with Gasteiger partial charge < -0.3 is 10.6 Å². The van der Waals surface area contributed by atoms with E-state index in [9.17, 15) is 13.2 Å². The Labute approximate surface area is 106 Å². The lowest BCUT2D eigenvalue weighted by molar-refractivity contribution is -0.137. The van der Waals surface area contributed by atoms with Gasteiger partial charge in [0.05, 0.1) is 5.56 Å². The summed E-state index contributed by atoms with van der Waals surface area (Å²) < 4.78 is 37.4. The van der Waals surface area contributed by atoms with Crippen molar-refractivity contribution in [3.8, 4) is 0 Å². The molecular formula is C13H19F3N2. The number of halogens is 3. The second-order valence-corrected chi connectivity index (χ2v) is 4.12. The molecule has 0 aromatic heterocycles. The quantitative estimate of drug-likeness (QED) is 0.737. The number of alkyl halides is 3. The normalized spacial score (nSPS) is 11.8. The molecule has 18 heavy (non-hydrogen) atoms. The summed E-state index contributed by atoms with van der Waals surface area (Å²) in [6.45, 7) is 5.08. The summed E-state index contributed by atoms with van der Waals surface area (Å²) in [7, 11) is 0. The van der Waals surface area contributed by atoms with E-state index in [2.05, 4.69) is 17.6 Å². The minimum atomic E-state index is -4.27. The van der Waals surface area contributed by atoms with Crippen molar-refractivity contribution < 1.29 is 13.2 Å². The molecule has 0 saturated heterocycles. The van der Waals surface area contributed by atoms with Gasteiger partial charge in [-0.2, -0.15) is 13.2 Å². The van der Waals surface area contributed by atoms with E-state index in [4.69, 9.17) is 0 Å². The summed E-state index contributed by atoms with van der Waals surface area (Å²) in [5.74, 6) is 0. The molecule has 0 unspecified atom stereocenters. The zero-order valence-corrected chi connectivity index (χ0v) is 10.5. The monoisotopic (exact) mass is 260 g/mol. The highest BCUT2D eigenvalue weighted by molar-refractivity contribution is 5.25. The van der Waals surface area contributed by atoms with Gasteiger partial charge in [0.15, 0.2) is 0 Å². The van der Waals surface area contributed by atoms with E-state index in [0.29, 0.717) is 12.1 Å². The summed E-state index contributed by atoms with van der Waals surface area (Å²) in [6, 6.07) is 5.41. The van der Waals surface area contributed by atoms with E-state index < -0.39 is 11.7 Å². The largest absolute Gasteiger partial charge is 0.416 e. The van der Waals surface area contributed by atoms with E-state index in [1.165, 1.54) is 12.1 Å². The molecule has 0 radical (unpaired) electrons. The molecule has 0 aliphatic heterocycles. The average Bonchev–Trinajstić information content (AvgIpc) is 2.33. The van der Waals surface area contributed by atoms with Crippen molar-refractivity contribution >= 4 is 0 Å². The van der Waals surface area contributed by atoms with Crippen LogP contribution in [0.3, 0.4) is 0 Å². The van der Waals surface area contributed by atoms with Gasteiger partial charge >= 0.3 is 6.18 Å². The Kier molecular flexibility index (Phi) is 6.15. The predicted molar refractivity (Wildman–Crippen MR) is 66.3 cm³/mol. The second kappa shape index (κ2) is 7.38. The molecule has 2 nitrogen and oxygen atoms in total. The van der Waals surface area contributed by atoms with E-state index in [-0.39, 0.29) is 0 Å². The molecule has 0 fully saturated rings. The molecule has 1 rings (SSSR count). The molecule has 0 aliphatic rings. The molecule has 1 aromatic rings. The number of hydrogen-bond acceptors (Lipinski definition) is 2. The molecule has 0 atom stereocenters. The summed E-state index contributed by atoms with van der Waals surface area (Å²) in [5.41, 5.74) is 0.0613. The lowest BCUT2D eigenvalue weighted by Crippen LogP contribution is -2.27. The maximum atomic E-state index is 12.5. The second-order valence-electron chi connectivity index (χ2n) is 4.12. The van der Waals surface area contributed by atoms with Gasteiger partial charge in [0, 0.05) is 19.6 Å². The molecule has 102 valence electrons. The molecule has 2 N–H and O–H groups in total. The number of rotatable bonds is 7. The van der Waals surface area contributed by atoms with Crippen LogP contribution in [0.5, 0.6) is 0 Å². The predicted octanol–water partition coefficient (Wildman–Crippen LogP) is 2.79. The molecule has 5 heteroatoms. The Balaban J connectivity index is 2.34. The van der Waals surface area contributed by atoms with Crippen LogP contribution in [-0.2, 0) is 12.7 Å². The Bertz CT molecular complexity index is 350. The Hall–Kier alpha value is -1.07. The third-order valence-corrected chi connectivity index (χ3v) is 2.49. The first kappa shape index (κ1) is 15.0. The van der Waals surface area contributed by atoms with Gasteiger partial charge in [-0.05, 0) is 24.6 Å². The first-order chi connectivity index (χ1) is 8.54. The summed E-state index contributed by atoms with van der Waals surface area (Å²) in [6.07, 6.45) is -3.19. The third-order valence-electron chi connectivity index (χ3n) is 2.49. The number of benzene rings is 1. The lowest BCUT2D eigenvalue weighted by atomic mass is 10.1. The zero-order valence-electron chi connectivity index (χ0n) is 10.5. The van der Waals surface area contributed by atoms with Crippen molar-refractivity contribution in [1.29, 1.82) is 0 Å². The van der Waals surface area contributed by atoms with Crippen molar-refractivity contribution in [2.45, 2.75) is 26.1 Å². The van der Waals surface area contributed by atoms with Crippen LogP contribution >= 0.6 is 0 Å². The average molecular weight is 260 g/mol. The third kappa shape index (κ3) is 5.51. The number of hydrogen-bond donors (Lipinski definition) is 2. The Morgan fingerprint density at radius 1 is 1.06 bits per heavy atom. The molecule has 1 aromatic carbocycles. The fourth-order valence-electron chi connectivity index (χ4n) is 1.57. The highest BCUT2D eigenvalue weighted by Crippen LogP contribution is 2.29. The van der Waals surface area contributed by atoms with E-state index in [0.717, 1.165) is 32.1 Å².